The van der Waals surface area contributed by atoms with E-state index in [1.807, 2.05) is 24.5 Å². The van der Waals surface area contributed by atoms with Gasteiger partial charge < -0.3 is 4.74 Å². The monoisotopic (exact) mass is 238 g/mol. The van der Waals surface area contributed by atoms with Crippen LogP contribution in [0.5, 0.6) is 5.75 Å². The van der Waals surface area contributed by atoms with Gasteiger partial charge in [0.1, 0.15) is 5.75 Å². The predicted octanol–water partition coefficient (Wildman–Crippen LogP) is 3.19. The highest BCUT2D eigenvalue weighted by Crippen LogP contribution is 2.21. The van der Waals surface area contributed by atoms with Gasteiger partial charge in [-0.25, -0.2) is 0 Å². The van der Waals surface area contributed by atoms with Crippen LogP contribution in [0, 0.1) is 0 Å². The molecule has 1 aromatic rings. The maximum absolute atomic E-state index is 11.8. The Labute approximate surface area is 101 Å². The first-order chi connectivity index (χ1) is 7.72. The molecule has 0 fully saturated rings. The highest BCUT2D eigenvalue weighted by Gasteiger charge is 2.08. The lowest BCUT2D eigenvalue weighted by Gasteiger charge is -2.08. The Hall–Kier alpha value is -0.960. The molecule has 88 valence electrons. The van der Waals surface area contributed by atoms with Crippen LogP contribution in [0.25, 0.3) is 0 Å². The fourth-order valence-corrected chi connectivity index (χ4v) is 1.96. The van der Waals surface area contributed by atoms with E-state index in [4.69, 9.17) is 4.74 Å². The molecule has 0 saturated carbocycles. The van der Waals surface area contributed by atoms with Crippen molar-refractivity contribution >= 4 is 17.5 Å². The van der Waals surface area contributed by atoms with Gasteiger partial charge in [0.15, 0.2) is 5.78 Å². The number of benzene rings is 1. The highest BCUT2D eigenvalue weighted by molar-refractivity contribution is 7.98. The first-order valence-corrected chi connectivity index (χ1v) is 6.81. The lowest BCUT2D eigenvalue weighted by molar-refractivity contribution is 0.0989. The summed E-state index contributed by atoms with van der Waals surface area (Å²) in [6, 6.07) is 5.67. The van der Waals surface area contributed by atoms with Crippen LogP contribution in [0.2, 0.25) is 0 Å². The van der Waals surface area contributed by atoms with E-state index in [0.717, 1.165) is 29.1 Å². The minimum absolute atomic E-state index is 0.215. The number of rotatable bonds is 6. The number of aryl methyl sites for hydroxylation is 1. The molecule has 0 atom stereocenters. The number of carbonyl (C=O) groups is 1. The lowest BCUT2D eigenvalue weighted by Crippen LogP contribution is -2.02. The van der Waals surface area contributed by atoms with E-state index in [1.54, 1.807) is 18.9 Å². The van der Waals surface area contributed by atoms with Crippen molar-refractivity contribution in [1.29, 1.82) is 0 Å². The standard InChI is InChI=1S/C13H18O2S/c1-4-10-9-11(5-6-13(10)15-2)12(14)7-8-16-3/h5-6,9H,4,7-8H2,1-3H3. The molecule has 0 heterocycles. The molecule has 0 N–H and O–H groups in total. The van der Waals surface area contributed by atoms with Crippen LogP contribution in [0.3, 0.4) is 0 Å². The molecule has 0 unspecified atom stereocenters. The first-order valence-electron chi connectivity index (χ1n) is 5.42. The van der Waals surface area contributed by atoms with E-state index in [9.17, 15) is 4.79 Å². The Kier molecular flexibility index (Phi) is 5.39. The SMILES string of the molecule is CCc1cc(C(=O)CCSC)ccc1OC. The molecule has 3 heteroatoms. The average molecular weight is 238 g/mol. The van der Waals surface area contributed by atoms with Crippen LogP contribution in [-0.4, -0.2) is 24.9 Å². The second-order valence-electron chi connectivity index (χ2n) is 3.55. The molecule has 0 aliphatic heterocycles. The van der Waals surface area contributed by atoms with Gasteiger partial charge in [-0.1, -0.05) is 6.92 Å². The molecule has 0 aromatic heterocycles. The van der Waals surface area contributed by atoms with Crippen LogP contribution < -0.4 is 4.74 Å². The highest BCUT2D eigenvalue weighted by atomic mass is 32.2. The molecular formula is C13H18O2S. The normalized spacial score (nSPS) is 10.2. The molecule has 0 bridgehead atoms. The zero-order chi connectivity index (χ0) is 12.0. The Bertz CT molecular complexity index is 361. The number of thioether (sulfide) groups is 1. The molecule has 2 nitrogen and oxygen atoms in total. The second kappa shape index (κ2) is 6.59. The van der Waals surface area contributed by atoms with E-state index < -0.39 is 0 Å². The molecule has 0 spiro atoms. The molecule has 0 radical (unpaired) electrons. The van der Waals surface area contributed by atoms with Crippen molar-refractivity contribution in [2.24, 2.45) is 0 Å². The van der Waals surface area contributed by atoms with Gasteiger partial charge in [0.2, 0.25) is 0 Å². The quantitative estimate of drug-likeness (QED) is 0.712. The average Bonchev–Trinajstić information content (AvgIpc) is 2.34. The summed E-state index contributed by atoms with van der Waals surface area (Å²) in [5.41, 5.74) is 1.89. The van der Waals surface area contributed by atoms with Gasteiger partial charge in [0, 0.05) is 17.7 Å². The number of methoxy groups -OCH3 is 1. The van der Waals surface area contributed by atoms with E-state index in [0.29, 0.717) is 6.42 Å². The smallest absolute Gasteiger partial charge is 0.163 e. The van der Waals surface area contributed by atoms with Gasteiger partial charge in [-0.3, -0.25) is 4.79 Å². The molecule has 0 amide bonds. The van der Waals surface area contributed by atoms with Gasteiger partial charge in [0.25, 0.3) is 0 Å². The van der Waals surface area contributed by atoms with Crippen molar-refractivity contribution in [2.45, 2.75) is 19.8 Å². The number of hydrogen-bond donors (Lipinski definition) is 0. The van der Waals surface area contributed by atoms with Crippen LogP contribution in [0.4, 0.5) is 0 Å². The Morgan fingerprint density at radius 2 is 2.19 bits per heavy atom. The fraction of sp³-hybridized carbons (Fsp3) is 0.462. The summed E-state index contributed by atoms with van der Waals surface area (Å²) in [4.78, 5) is 11.8. The Morgan fingerprint density at radius 3 is 2.75 bits per heavy atom. The van der Waals surface area contributed by atoms with Crippen molar-refractivity contribution in [1.82, 2.24) is 0 Å². The van der Waals surface area contributed by atoms with Crippen LogP contribution >= 0.6 is 11.8 Å². The molecule has 1 rings (SSSR count). The molecular weight excluding hydrogens is 220 g/mol. The lowest BCUT2D eigenvalue weighted by atomic mass is 10.0. The summed E-state index contributed by atoms with van der Waals surface area (Å²) in [5.74, 6) is 1.96. The maximum atomic E-state index is 11.8. The van der Waals surface area contributed by atoms with Crippen LogP contribution in [-0.2, 0) is 6.42 Å². The second-order valence-corrected chi connectivity index (χ2v) is 4.53. The molecule has 0 aliphatic carbocycles. The van der Waals surface area contributed by atoms with Crippen molar-refractivity contribution < 1.29 is 9.53 Å². The van der Waals surface area contributed by atoms with E-state index in [2.05, 4.69) is 6.92 Å². The zero-order valence-corrected chi connectivity index (χ0v) is 10.9. The number of Topliss-reactive ketones (excluding diaryl/α,β-unsaturated/α-hetero) is 1. The Morgan fingerprint density at radius 1 is 1.44 bits per heavy atom. The van der Waals surface area contributed by atoms with E-state index in [1.165, 1.54) is 0 Å². The minimum atomic E-state index is 0.215. The summed E-state index contributed by atoms with van der Waals surface area (Å²) in [5, 5.41) is 0. The Balaban J connectivity index is 2.85. The summed E-state index contributed by atoms with van der Waals surface area (Å²) >= 11 is 1.70. The molecule has 0 aliphatic rings. The molecule has 1 aromatic carbocycles. The summed E-state index contributed by atoms with van der Waals surface area (Å²) in [6.07, 6.45) is 3.50. The van der Waals surface area contributed by atoms with E-state index >= 15 is 0 Å². The minimum Gasteiger partial charge on any atom is -0.496 e. The molecule has 16 heavy (non-hydrogen) atoms. The van der Waals surface area contributed by atoms with Crippen LogP contribution in [0.15, 0.2) is 18.2 Å². The first kappa shape index (κ1) is 13.1. The predicted molar refractivity (Wildman–Crippen MR) is 69.7 cm³/mol. The van der Waals surface area contributed by atoms with Gasteiger partial charge in [-0.15, -0.1) is 0 Å². The fourth-order valence-electron chi connectivity index (χ4n) is 1.57. The van der Waals surface area contributed by atoms with Crippen molar-refractivity contribution in [3.05, 3.63) is 29.3 Å². The zero-order valence-electron chi connectivity index (χ0n) is 10.1. The van der Waals surface area contributed by atoms with Crippen molar-refractivity contribution in [3.63, 3.8) is 0 Å². The van der Waals surface area contributed by atoms with Gasteiger partial charge in [-0.05, 0) is 36.4 Å². The van der Waals surface area contributed by atoms with Gasteiger partial charge in [-0.2, -0.15) is 11.8 Å². The topological polar surface area (TPSA) is 26.3 Å². The maximum Gasteiger partial charge on any atom is 0.163 e. The van der Waals surface area contributed by atoms with Crippen molar-refractivity contribution in [3.8, 4) is 5.75 Å². The van der Waals surface area contributed by atoms with Crippen molar-refractivity contribution in [2.75, 3.05) is 19.1 Å². The third kappa shape index (κ3) is 3.27. The summed E-state index contributed by atoms with van der Waals surface area (Å²) < 4.78 is 5.24. The van der Waals surface area contributed by atoms with Crippen LogP contribution in [0.1, 0.15) is 29.3 Å². The summed E-state index contributed by atoms with van der Waals surface area (Å²) in [7, 11) is 1.66. The van der Waals surface area contributed by atoms with E-state index in [-0.39, 0.29) is 5.78 Å². The third-order valence-electron chi connectivity index (χ3n) is 2.52. The summed E-state index contributed by atoms with van der Waals surface area (Å²) in [6.45, 7) is 2.06. The molecule has 0 saturated heterocycles. The third-order valence-corrected chi connectivity index (χ3v) is 3.13. The van der Waals surface area contributed by atoms with Gasteiger partial charge in [0.05, 0.1) is 7.11 Å². The number of hydrogen-bond acceptors (Lipinski definition) is 3. The number of carbonyl (C=O) groups excluding carboxylic acids is 1. The number of ether oxygens (including phenoxy) is 1. The largest absolute Gasteiger partial charge is 0.496 e. The number of ketones is 1. The van der Waals surface area contributed by atoms with Gasteiger partial charge >= 0.3 is 0 Å².